The fraction of sp³-hybridized carbons (Fsp3) is 0.700. The molecule has 0 aromatic heterocycles. The molecule has 10 nitrogen and oxygen atoms in total. The Kier molecular flexibility index (Phi) is 7.21. The SMILES string of the molecule is C=CC/C(=N\OS(=O)(=O)O)S[C@@H]1O[C@H](CO)[C@@H](O)[C@H](O)[C@H]1O. The van der Waals surface area contributed by atoms with Gasteiger partial charge in [-0.2, -0.15) is 8.42 Å². The Morgan fingerprint density at radius 3 is 2.45 bits per heavy atom. The molecule has 1 aliphatic heterocycles. The van der Waals surface area contributed by atoms with Gasteiger partial charge in [-0.1, -0.05) is 23.0 Å². The maximum Gasteiger partial charge on any atom is 0.466 e. The molecule has 1 fully saturated rings. The third kappa shape index (κ3) is 5.48. The molecule has 0 spiro atoms. The van der Waals surface area contributed by atoms with Crippen LogP contribution in [0.2, 0.25) is 0 Å². The van der Waals surface area contributed by atoms with Crippen molar-refractivity contribution in [1.82, 2.24) is 0 Å². The van der Waals surface area contributed by atoms with Gasteiger partial charge in [0.1, 0.15) is 34.9 Å². The monoisotopic (exact) mass is 359 g/mol. The van der Waals surface area contributed by atoms with E-state index >= 15 is 0 Å². The summed E-state index contributed by atoms with van der Waals surface area (Å²) in [5.74, 6) is 0. The van der Waals surface area contributed by atoms with E-state index in [1.54, 1.807) is 0 Å². The number of rotatable bonds is 6. The van der Waals surface area contributed by atoms with Gasteiger partial charge < -0.3 is 25.2 Å². The average molecular weight is 359 g/mol. The first kappa shape index (κ1) is 19.3. The summed E-state index contributed by atoms with van der Waals surface area (Å²) < 4.78 is 38.5. The van der Waals surface area contributed by atoms with E-state index in [2.05, 4.69) is 16.0 Å². The van der Waals surface area contributed by atoms with Crippen LogP contribution in [-0.2, 0) is 19.4 Å². The molecule has 1 saturated heterocycles. The predicted octanol–water partition coefficient (Wildman–Crippen LogP) is -1.77. The van der Waals surface area contributed by atoms with E-state index in [1.165, 1.54) is 6.08 Å². The molecule has 5 atom stereocenters. The maximum atomic E-state index is 10.5. The molecule has 0 aromatic carbocycles. The fourth-order valence-corrected chi connectivity index (χ4v) is 2.91. The number of allylic oxidation sites excluding steroid dienone is 1. The summed E-state index contributed by atoms with van der Waals surface area (Å²) in [6.07, 6.45) is -4.34. The van der Waals surface area contributed by atoms with Gasteiger partial charge in [0.15, 0.2) is 0 Å². The van der Waals surface area contributed by atoms with Gasteiger partial charge in [0.2, 0.25) is 0 Å². The van der Waals surface area contributed by atoms with E-state index < -0.39 is 46.9 Å². The predicted molar refractivity (Wildman–Crippen MR) is 76.2 cm³/mol. The van der Waals surface area contributed by atoms with Gasteiger partial charge in [-0.15, -0.1) is 6.58 Å². The van der Waals surface area contributed by atoms with Crippen LogP contribution in [0.5, 0.6) is 0 Å². The van der Waals surface area contributed by atoms with Gasteiger partial charge >= 0.3 is 10.4 Å². The first-order valence-electron chi connectivity index (χ1n) is 6.00. The molecule has 0 aromatic rings. The quantitative estimate of drug-likeness (QED) is 0.120. The lowest BCUT2D eigenvalue weighted by molar-refractivity contribution is -0.205. The van der Waals surface area contributed by atoms with Gasteiger partial charge in [0, 0.05) is 6.42 Å². The molecule has 128 valence electrons. The summed E-state index contributed by atoms with van der Waals surface area (Å²) in [5.41, 5.74) is -1.15. The summed E-state index contributed by atoms with van der Waals surface area (Å²) in [4.78, 5) is 0. The molecule has 1 heterocycles. The van der Waals surface area contributed by atoms with Crippen molar-refractivity contribution in [2.45, 2.75) is 36.3 Å². The molecular formula is C10H17NO9S2. The summed E-state index contributed by atoms with van der Waals surface area (Å²) in [6, 6.07) is 0. The third-order valence-electron chi connectivity index (χ3n) is 2.65. The van der Waals surface area contributed by atoms with Crippen molar-refractivity contribution in [3.8, 4) is 0 Å². The molecule has 0 bridgehead atoms. The van der Waals surface area contributed by atoms with Crippen molar-refractivity contribution >= 4 is 27.2 Å². The number of thioether (sulfide) groups is 1. The minimum absolute atomic E-state index is 0.0230. The molecule has 1 aliphatic rings. The minimum atomic E-state index is -4.79. The van der Waals surface area contributed by atoms with Gasteiger partial charge in [0.05, 0.1) is 6.61 Å². The first-order valence-corrected chi connectivity index (χ1v) is 8.25. The van der Waals surface area contributed by atoms with Gasteiger partial charge in [-0.05, 0) is 0 Å². The van der Waals surface area contributed by atoms with Crippen LogP contribution in [-0.4, -0.2) is 74.9 Å². The van der Waals surface area contributed by atoms with Crippen molar-refractivity contribution in [1.29, 1.82) is 0 Å². The number of aliphatic hydroxyl groups is 4. The maximum absolute atomic E-state index is 10.5. The van der Waals surface area contributed by atoms with Crippen molar-refractivity contribution in [2.75, 3.05) is 6.61 Å². The zero-order valence-electron chi connectivity index (χ0n) is 11.2. The molecule has 5 N–H and O–H groups in total. The fourth-order valence-electron chi connectivity index (χ4n) is 1.62. The Morgan fingerprint density at radius 1 is 1.32 bits per heavy atom. The van der Waals surface area contributed by atoms with Crippen molar-refractivity contribution in [3.05, 3.63) is 12.7 Å². The van der Waals surface area contributed by atoms with Crippen LogP contribution >= 0.6 is 11.8 Å². The third-order valence-corrected chi connectivity index (χ3v) is 4.05. The van der Waals surface area contributed by atoms with Crippen LogP contribution < -0.4 is 0 Å². The van der Waals surface area contributed by atoms with Crippen LogP contribution in [0.25, 0.3) is 0 Å². The Labute approximate surface area is 131 Å². The lowest BCUT2D eigenvalue weighted by Crippen LogP contribution is -2.57. The highest BCUT2D eigenvalue weighted by Crippen LogP contribution is 2.30. The average Bonchev–Trinajstić information content (AvgIpc) is 2.44. The number of ether oxygens (including phenoxy) is 1. The van der Waals surface area contributed by atoms with Crippen molar-refractivity contribution in [2.24, 2.45) is 5.16 Å². The van der Waals surface area contributed by atoms with Gasteiger partial charge in [0.25, 0.3) is 0 Å². The highest BCUT2D eigenvalue weighted by atomic mass is 32.3. The highest BCUT2D eigenvalue weighted by molar-refractivity contribution is 8.14. The Morgan fingerprint density at radius 2 is 1.95 bits per heavy atom. The molecule has 0 amide bonds. The molecule has 0 saturated carbocycles. The molecule has 22 heavy (non-hydrogen) atoms. The van der Waals surface area contributed by atoms with E-state index in [-0.39, 0.29) is 11.5 Å². The molecular weight excluding hydrogens is 342 g/mol. The van der Waals surface area contributed by atoms with Crippen molar-refractivity contribution in [3.63, 3.8) is 0 Å². The van der Waals surface area contributed by atoms with Crippen LogP contribution in [0.15, 0.2) is 17.8 Å². The van der Waals surface area contributed by atoms with Crippen LogP contribution in [0.3, 0.4) is 0 Å². The lowest BCUT2D eigenvalue weighted by atomic mass is 10.0. The first-order chi connectivity index (χ1) is 10.2. The van der Waals surface area contributed by atoms with E-state index in [0.717, 1.165) is 0 Å². The Balaban J connectivity index is 2.85. The summed E-state index contributed by atoms with van der Waals surface area (Å²) in [7, 11) is -4.79. The molecule has 1 rings (SSSR count). The van der Waals surface area contributed by atoms with Crippen LogP contribution in [0, 0.1) is 0 Å². The molecule has 0 radical (unpaired) electrons. The van der Waals surface area contributed by atoms with E-state index in [4.69, 9.17) is 14.4 Å². The normalized spacial score (nSPS) is 33.5. The lowest BCUT2D eigenvalue weighted by Gasteiger charge is -2.39. The Hall–Kier alpha value is -0.730. The number of hydrogen-bond donors (Lipinski definition) is 5. The van der Waals surface area contributed by atoms with Gasteiger partial charge in [-0.3, -0.25) is 4.55 Å². The number of aliphatic hydroxyl groups excluding tert-OH is 4. The van der Waals surface area contributed by atoms with E-state index in [0.29, 0.717) is 11.8 Å². The molecule has 0 unspecified atom stereocenters. The second kappa shape index (κ2) is 8.21. The zero-order valence-corrected chi connectivity index (χ0v) is 12.9. The number of nitrogens with zero attached hydrogens (tertiary/aromatic N) is 1. The topological polar surface area (TPSA) is 166 Å². The summed E-state index contributed by atoms with van der Waals surface area (Å²) >= 11 is 0.688. The highest BCUT2D eigenvalue weighted by Gasteiger charge is 2.44. The minimum Gasteiger partial charge on any atom is -0.394 e. The smallest absolute Gasteiger partial charge is 0.394 e. The largest absolute Gasteiger partial charge is 0.466 e. The van der Waals surface area contributed by atoms with Crippen LogP contribution in [0.4, 0.5) is 0 Å². The molecule has 12 heteroatoms. The zero-order chi connectivity index (χ0) is 16.9. The van der Waals surface area contributed by atoms with Crippen molar-refractivity contribution < 1.29 is 42.4 Å². The summed E-state index contributed by atoms with van der Waals surface area (Å²) in [6.45, 7) is 2.82. The summed E-state index contributed by atoms with van der Waals surface area (Å²) in [5, 5.41) is 41.3. The van der Waals surface area contributed by atoms with Crippen LogP contribution in [0.1, 0.15) is 6.42 Å². The molecule has 0 aliphatic carbocycles. The van der Waals surface area contributed by atoms with E-state index in [1.807, 2.05) is 0 Å². The number of hydrogen-bond acceptors (Lipinski definition) is 10. The second-order valence-electron chi connectivity index (χ2n) is 4.30. The standard InChI is InChI=1S/C10H17NO9S2/c1-2-3-6(11-20-22(16,17)18)21-10-9(15)8(14)7(13)5(4-12)19-10/h2,5,7-10,12-15H,1,3-4H2,(H,16,17,18)/b11-6+/t5-,7-,8+,9-,10+/m1/s1. The number of oxime groups is 1. The van der Waals surface area contributed by atoms with E-state index in [9.17, 15) is 23.7 Å². The van der Waals surface area contributed by atoms with Gasteiger partial charge in [-0.25, -0.2) is 4.28 Å². The second-order valence-corrected chi connectivity index (χ2v) is 6.47. The Bertz CT molecular complexity index is 507.